The lowest BCUT2D eigenvalue weighted by molar-refractivity contribution is 0.477. The fourth-order valence-electron chi connectivity index (χ4n) is 0.935. The molecule has 1 aromatic rings. The highest BCUT2D eigenvalue weighted by Gasteiger charge is 2.01. The third-order valence-corrected chi connectivity index (χ3v) is 1.93. The van der Waals surface area contributed by atoms with Gasteiger partial charge in [0.15, 0.2) is 5.11 Å². The highest BCUT2D eigenvalue weighted by molar-refractivity contribution is 7.80. The van der Waals surface area contributed by atoms with Crippen molar-refractivity contribution in [2.24, 2.45) is 0 Å². The zero-order chi connectivity index (χ0) is 9.84. The third kappa shape index (κ3) is 2.59. The van der Waals surface area contributed by atoms with E-state index in [0.29, 0.717) is 10.8 Å². The van der Waals surface area contributed by atoms with Crippen LogP contribution in [0.15, 0.2) is 18.2 Å². The minimum absolute atomic E-state index is 0.197. The van der Waals surface area contributed by atoms with Gasteiger partial charge >= 0.3 is 0 Å². The van der Waals surface area contributed by atoms with Crippen LogP contribution in [-0.4, -0.2) is 17.3 Å². The number of phenolic OH excluding ortho intramolecular Hbond substituents is 1. The van der Waals surface area contributed by atoms with E-state index in [0.717, 1.165) is 5.56 Å². The van der Waals surface area contributed by atoms with Crippen molar-refractivity contribution in [1.29, 1.82) is 0 Å². The monoisotopic (exact) mass is 196 g/mol. The first-order valence-corrected chi connectivity index (χ1v) is 4.32. The normalized spacial score (nSPS) is 9.38. The fourth-order valence-corrected chi connectivity index (χ4v) is 1.04. The standard InChI is InChI=1S/C9H12N2OS/c1-6-3-4-8(12)7(5-6)11-9(13)10-2/h3-5,12H,1-2H3,(H2,10,11,13). The Morgan fingerprint density at radius 2 is 2.15 bits per heavy atom. The number of anilines is 1. The van der Waals surface area contributed by atoms with Gasteiger partial charge in [0.25, 0.3) is 0 Å². The Bertz CT molecular complexity index is 325. The van der Waals surface area contributed by atoms with Crippen LogP contribution >= 0.6 is 12.2 Å². The minimum atomic E-state index is 0.197. The summed E-state index contributed by atoms with van der Waals surface area (Å²) in [4.78, 5) is 0. The summed E-state index contributed by atoms with van der Waals surface area (Å²) in [6.45, 7) is 1.95. The molecule has 70 valence electrons. The summed E-state index contributed by atoms with van der Waals surface area (Å²) in [6, 6.07) is 5.30. The Morgan fingerprint density at radius 1 is 1.46 bits per heavy atom. The van der Waals surface area contributed by atoms with Crippen LogP contribution in [-0.2, 0) is 0 Å². The van der Waals surface area contributed by atoms with Crippen molar-refractivity contribution in [3.8, 4) is 5.75 Å². The summed E-state index contributed by atoms with van der Waals surface area (Å²) in [6.07, 6.45) is 0. The molecule has 0 fully saturated rings. The first-order chi connectivity index (χ1) is 6.13. The van der Waals surface area contributed by atoms with Crippen LogP contribution in [0.1, 0.15) is 5.56 Å². The highest BCUT2D eigenvalue weighted by atomic mass is 32.1. The Balaban J connectivity index is 2.87. The second-order valence-electron chi connectivity index (χ2n) is 2.72. The molecule has 0 saturated heterocycles. The molecule has 3 nitrogen and oxygen atoms in total. The van der Waals surface area contributed by atoms with Crippen LogP contribution in [0.25, 0.3) is 0 Å². The molecule has 13 heavy (non-hydrogen) atoms. The molecule has 0 aromatic heterocycles. The van der Waals surface area contributed by atoms with Gasteiger partial charge in [-0.2, -0.15) is 0 Å². The van der Waals surface area contributed by atoms with Crippen molar-refractivity contribution >= 4 is 23.0 Å². The van der Waals surface area contributed by atoms with Crippen LogP contribution in [0.3, 0.4) is 0 Å². The minimum Gasteiger partial charge on any atom is -0.506 e. The van der Waals surface area contributed by atoms with E-state index in [-0.39, 0.29) is 5.75 Å². The van der Waals surface area contributed by atoms with E-state index in [1.54, 1.807) is 13.1 Å². The summed E-state index contributed by atoms with van der Waals surface area (Å²) in [7, 11) is 1.72. The van der Waals surface area contributed by atoms with Crippen LogP contribution in [0.5, 0.6) is 5.75 Å². The summed E-state index contributed by atoms with van der Waals surface area (Å²) in [5.41, 5.74) is 1.69. The van der Waals surface area contributed by atoms with E-state index in [1.807, 2.05) is 19.1 Å². The third-order valence-electron chi connectivity index (χ3n) is 1.63. The van der Waals surface area contributed by atoms with Crippen molar-refractivity contribution in [1.82, 2.24) is 5.32 Å². The molecule has 0 amide bonds. The number of rotatable bonds is 1. The molecule has 0 aliphatic heterocycles. The van der Waals surface area contributed by atoms with Crippen molar-refractivity contribution in [3.63, 3.8) is 0 Å². The van der Waals surface area contributed by atoms with E-state index >= 15 is 0 Å². The van der Waals surface area contributed by atoms with Gasteiger partial charge in [0.2, 0.25) is 0 Å². The summed E-state index contributed by atoms with van der Waals surface area (Å²) >= 11 is 4.91. The van der Waals surface area contributed by atoms with E-state index in [2.05, 4.69) is 10.6 Å². The zero-order valence-corrected chi connectivity index (χ0v) is 8.40. The number of nitrogens with one attached hydrogen (secondary N) is 2. The van der Waals surface area contributed by atoms with E-state index in [4.69, 9.17) is 12.2 Å². The van der Waals surface area contributed by atoms with E-state index in [1.165, 1.54) is 0 Å². The van der Waals surface area contributed by atoms with Crippen LogP contribution in [0.2, 0.25) is 0 Å². The molecule has 0 aliphatic carbocycles. The number of benzene rings is 1. The maximum atomic E-state index is 9.43. The smallest absolute Gasteiger partial charge is 0.170 e. The highest BCUT2D eigenvalue weighted by Crippen LogP contribution is 2.23. The van der Waals surface area contributed by atoms with Gasteiger partial charge in [-0.05, 0) is 36.8 Å². The molecule has 1 aromatic carbocycles. The molecule has 0 aliphatic rings. The lowest BCUT2D eigenvalue weighted by Crippen LogP contribution is -2.24. The van der Waals surface area contributed by atoms with Crippen molar-refractivity contribution < 1.29 is 5.11 Å². The first-order valence-electron chi connectivity index (χ1n) is 3.92. The van der Waals surface area contributed by atoms with Crippen LogP contribution in [0, 0.1) is 6.92 Å². The average molecular weight is 196 g/mol. The van der Waals surface area contributed by atoms with Crippen LogP contribution < -0.4 is 10.6 Å². The molecule has 0 atom stereocenters. The van der Waals surface area contributed by atoms with Crippen LogP contribution in [0.4, 0.5) is 5.69 Å². The molecule has 0 bridgehead atoms. The second-order valence-corrected chi connectivity index (χ2v) is 3.13. The molecule has 0 saturated carbocycles. The molecule has 1 rings (SSSR count). The first kappa shape index (κ1) is 9.80. The van der Waals surface area contributed by atoms with E-state index < -0.39 is 0 Å². The molecule has 0 unspecified atom stereocenters. The Hall–Kier alpha value is -1.29. The Kier molecular flexibility index (Phi) is 3.08. The SMILES string of the molecule is CNC(=S)Nc1cc(C)ccc1O. The molecule has 0 spiro atoms. The number of phenols is 1. The Labute approximate surface area is 82.8 Å². The lowest BCUT2D eigenvalue weighted by atomic mass is 10.2. The van der Waals surface area contributed by atoms with Gasteiger partial charge < -0.3 is 15.7 Å². The van der Waals surface area contributed by atoms with Gasteiger partial charge in [0, 0.05) is 7.05 Å². The number of aromatic hydroxyl groups is 1. The van der Waals surface area contributed by atoms with Gasteiger partial charge in [-0.1, -0.05) is 6.07 Å². The molecule has 3 N–H and O–H groups in total. The molecular weight excluding hydrogens is 184 g/mol. The lowest BCUT2D eigenvalue weighted by Gasteiger charge is -2.09. The summed E-state index contributed by atoms with van der Waals surface area (Å²) in [5, 5.41) is 15.6. The second kappa shape index (κ2) is 4.09. The summed E-state index contributed by atoms with van der Waals surface area (Å²) in [5.74, 6) is 0.197. The average Bonchev–Trinajstić information content (AvgIpc) is 2.11. The summed E-state index contributed by atoms with van der Waals surface area (Å²) < 4.78 is 0. The maximum Gasteiger partial charge on any atom is 0.170 e. The number of hydrogen-bond donors (Lipinski definition) is 3. The number of thiocarbonyl (C=S) groups is 1. The van der Waals surface area contributed by atoms with Gasteiger partial charge in [0.05, 0.1) is 5.69 Å². The van der Waals surface area contributed by atoms with Gasteiger partial charge in [-0.3, -0.25) is 0 Å². The topological polar surface area (TPSA) is 44.3 Å². The molecular formula is C9H12N2OS. The largest absolute Gasteiger partial charge is 0.506 e. The fraction of sp³-hybridized carbons (Fsp3) is 0.222. The van der Waals surface area contributed by atoms with Gasteiger partial charge in [-0.25, -0.2) is 0 Å². The number of hydrogen-bond acceptors (Lipinski definition) is 2. The van der Waals surface area contributed by atoms with Gasteiger partial charge in [0.1, 0.15) is 5.75 Å². The quantitative estimate of drug-likeness (QED) is 0.472. The molecule has 0 radical (unpaired) electrons. The predicted molar refractivity (Wildman–Crippen MR) is 58.1 cm³/mol. The van der Waals surface area contributed by atoms with E-state index in [9.17, 15) is 5.11 Å². The molecule has 4 heteroatoms. The van der Waals surface area contributed by atoms with Crippen molar-refractivity contribution in [2.45, 2.75) is 6.92 Å². The maximum absolute atomic E-state index is 9.43. The predicted octanol–water partition coefficient (Wildman–Crippen LogP) is 1.62. The zero-order valence-electron chi connectivity index (χ0n) is 7.59. The Morgan fingerprint density at radius 3 is 2.77 bits per heavy atom. The van der Waals surface area contributed by atoms with Crippen molar-refractivity contribution in [3.05, 3.63) is 23.8 Å². The van der Waals surface area contributed by atoms with Crippen molar-refractivity contribution in [2.75, 3.05) is 12.4 Å². The number of aryl methyl sites for hydroxylation is 1. The van der Waals surface area contributed by atoms with Gasteiger partial charge in [-0.15, -0.1) is 0 Å². The molecule has 0 heterocycles.